The van der Waals surface area contributed by atoms with E-state index >= 15 is 0 Å². The zero-order valence-corrected chi connectivity index (χ0v) is 77.2. The molecule has 0 bridgehead atoms. The van der Waals surface area contributed by atoms with Crippen molar-refractivity contribution < 1.29 is 66.0 Å². The lowest BCUT2D eigenvalue weighted by Crippen LogP contribution is -2.00. The average molecular weight is 1720 g/mol. The van der Waals surface area contributed by atoms with E-state index in [-0.39, 0.29) is 5.82 Å². The smallest absolute Gasteiger partial charge is 0.163 e. The van der Waals surface area contributed by atoms with Crippen LogP contribution in [0, 0.1) is 54.3 Å². The molecular formula is C107H128BrFO13. The van der Waals surface area contributed by atoms with Gasteiger partial charge in [0.15, 0.2) is 57.5 Å². The second-order valence-electron chi connectivity index (χ2n) is 29.6. The number of aryl methyl sites for hydroxylation is 19. The fraction of sp³-hybridized carbons (Fsp3) is 0.327. The highest BCUT2D eigenvalue weighted by molar-refractivity contribution is 9.10. The number of ether oxygens (including phenoxy) is 13. The molecule has 0 amide bonds. The molecule has 122 heavy (non-hydrogen) atoms. The quantitative estimate of drug-likeness (QED) is 0.0381. The monoisotopic (exact) mass is 1720 g/mol. The summed E-state index contributed by atoms with van der Waals surface area (Å²) in [4.78, 5) is 0. The molecule has 0 aliphatic rings. The summed E-state index contributed by atoms with van der Waals surface area (Å²) in [5.74, 6) is 10.4. The minimum Gasteiger partial charge on any atom is -0.497 e. The maximum absolute atomic E-state index is 13.1. The standard InChI is InChI=1S/C19H24O2.C18H21FO2.C18H22O3.C18H22O2.C17H19BrO2.C17H20O2/c1-5-21-19-13-16(9-11-18(19)20-4)8-10-17-12-14(2)6-7-15(17)3;1-4-21-18-12-14(6-10-17(18)20-3)5-7-15-8-9-16(19)11-13(15)2;1-13-8-11-16(19-2)15(12-13)10-9-14-6-5-7-17(20-3)18(14)21-4;1-13-5-6-14(2)16(11-13)8-7-15-9-10-17(19-3)12-18(15)20-4;1-12-10-15(18)8-7-14(12)6-4-13-5-9-16(19-2)17(11-13)20-3;1-3-19-17-13-15(11-12-16(17)18-2)10-9-14-7-5-4-6-8-14/h6-7,9,11-13H,5,8,10H2,1-4H3;6,8-12H,4-5,7H2,1-3H3;5-8,11-12H,9-10H2,1-4H3;5-6,9-12H,7-8H2,1-4H3;5,7-11H,4,6H2,1-3H3;4-8,11-13H,3,9-10H2,1-2H3. The average Bonchev–Trinajstić information content (AvgIpc) is 0.845. The molecule has 0 aliphatic heterocycles. The summed E-state index contributed by atoms with van der Waals surface area (Å²) in [6.07, 6.45) is 11.6. The molecule has 12 rings (SSSR count). The number of hydrogen-bond acceptors (Lipinski definition) is 13. The Morgan fingerprint density at radius 3 is 1.06 bits per heavy atom. The molecule has 0 atom stereocenters. The van der Waals surface area contributed by atoms with Crippen LogP contribution in [-0.2, 0) is 77.0 Å². The normalized spacial score (nSPS) is 10.4. The first-order valence-electron chi connectivity index (χ1n) is 41.9. The van der Waals surface area contributed by atoms with Gasteiger partial charge in [-0.05, 0) is 326 Å². The van der Waals surface area contributed by atoms with Gasteiger partial charge in [0, 0.05) is 10.5 Å². The van der Waals surface area contributed by atoms with E-state index in [1.807, 2.05) is 113 Å². The van der Waals surface area contributed by atoms with Crippen molar-refractivity contribution in [3.63, 3.8) is 0 Å². The summed E-state index contributed by atoms with van der Waals surface area (Å²) in [5.41, 5.74) is 24.2. The van der Waals surface area contributed by atoms with Crippen LogP contribution in [0.4, 0.5) is 4.39 Å². The fourth-order valence-corrected chi connectivity index (χ4v) is 14.6. The van der Waals surface area contributed by atoms with Crippen molar-refractivity contribution in [3.8, 4) is 74.7 Å². The van der Waals surface area contributed by atoms with Crippen molar-refractivity contribution in [3.05, 3.63) is 347 Å². The molecule has 13 nitrogen and oxygen atoms in total. The van der Waals surface area contributed by atoms with Gasteiger partial charge in [-0.25, -0.2) is 4.39 Å². The number of methoxy groups -OCH3 is 10. The van der Waals surface area contributed by atoms with E-state index in [1.165, 1.54) is 101 Å². The minimum absolute atomic E-state index is 0.181. The predicted molar refractivity (Wildman–Crippen MR) is 502 cm³/mol. The van der Waals surface area contributed by atoms with Crippen LogP contribution >= 0.6 is 15.9 Å². The highest BCUT2D eigenvalue weighted by Crippen LogP contribution is 2.36. The molecule has 0 heterocycles. The Bertz CT molecular complexity index is 5160. The molecule has 0 fully saturated rings. The van der Waals surface area contributed by atoms with Crippen molar-refractivity contribution in [2.45, 2.75) is 146 Å². The second kappa shape index (κ2) is 52.6. The molecule has 0 N–H and O–H groups in total. The Labute approximate surface area is 735 Å². The molecule has 12 aromatic rings. The van der Waals surface area contributed by atoms with E-state index in [1.54, 1.807) is 77.2 Å². The predicted octanol–water partition coefficient (Wildman–Crippen LogP) is 25.2. The molecule has 0 unspecified atom stereocenters. The number of para-hydroxylation sites is 1. The Hall–Kier alpha value is -11.6. The third-order valence-corrected chi connectivity index (χ3v) is 21.5. The summed E-state index contributed by atoms with van der Waals surface area (Å²) in [5, 5.41) is 0. The maximum atomic E-state index is 13.1. The van der Waals surface area contributed by atoms with E-state index < -0.39 is 0 Å². The van der Waals surface area contributed by atoms with Crippen LogP contribution in [0.2, 0.25) is 0 Å². The van der Waals surface area contributed by atoms with Crippen molar-refractivity contribution in [1.82, 2.24) is 0 Å². The molecule has 0 aliphatic carbocycles. The summed E-state index contributed by atoms with van der Waals surface area (Å²) in [6.45, 7) is 22.6. The molecule has 0 saturated carbocycles. The number of rotatable bonds is 34. The molecule has 648 valence electrons. The van der Waals surface area contributed by atoms with Crippen molar-refractivity contribution in [1.29, 1.82) is 0 Å². The van der Waals surface area contributed by atoms with Gasteiger partial charge >= 0.3 is 0 Å². The van der Waals surface area contributed by atoms with Crippen LogP contribution in [-0.4, -0.2) is 90.9 Å². The van der Waals surface area contributed by atoms with Crippen molar-refractivity contribution >= 4 is 15.9 Å². The molecule has 15 heteroatoms. The fourth-order valence-electron chi connectivity index (χ4n) is 14.1. The van der Waals surface area contributed by atoms with Gasteiger partial charge in [0.2, 0.25) is 0 Å². The third-order valence-electron chi connectivity index (χ3n) is 21.0. The zero-order valence-electron chi connectivity index (χ0n) is 75.6. The van der Waals surface area contributed by atoms with Crippen molar-refractivity contribution in [2.75, 3.05) is 90.9 Å². The first-order chi connectivity index (χ1) is 59.1. The minimum atomic E-state index is -0.181. The molecular weight excluding hydrogens is 1590 g/mol. The van der Waals surface area contributed by atoms with E-state index in [0.29, 0.717) is 19.8 Å². The highest BCUT2D eigenvalue weighted by Gasteiger charge is 2.15. The number of hydrogen-bond donors (Lipinski definition) is 0. The van der Waals surface area contributed by atoms with Gasteiger partial charge in [-0.3, -0.25) is 0 Å². The Balaban J connectivity index is 0.000000202. The van der Waals surface area contributed by atoms with Crippen molar-refractivity contribution in [2.24, 2.45) is 0 Å². The van der Waals surface area contributed by atoms with E-state index in [4.69, 9.17) is 61.6 Å². The SMILES string of the molecule is CCOc1cc(CCc2cc(C)ccc2C)ccc1OC.CCOc1cc(CCc2ccc(F)cc2C)ccc1OC.CCOc1cc(CCc2ccccc2)ccc1OC.COc1ccc(C)cc1CCc1cccc(OC)c1OC.COc1ccc(CCc2cc(C)ccc2C)c(OC)c1.COc1ccc(CCc2ccc(Br)cc2C)cc1OC. The molecule has 0 aromatic heterocycles. The summed E-state index contributed by atoms with van der Waals surface area (Å²) in [6, 6.07) is 77.9. The van der Waals surface area contributed by atoms with Gasteiger partial charge in [0.1, 0.15) is 23.1 Å². The lowest BCUT2D eigenvalue weighted by Gasteiger charge is -2.14. The molecule has 0 radical (unpaired) electrons. The van der Waals surface area contributed by atoms with Gasteiger partial charge < -0.3 is 61.6 Å². The maximum Gasteiger partial charge on any atom is 0.163 e. The van der Waals surface area contributed by atoms with Gasteiger partial charge in [0.05, 0.1) is 90.9 Å². The summed E-state index contributed by atoms with van der Waals surface area (Å²) < 4.78 is 84.5. The Kier molecular flexibility index (Phi) is 42.1. The van der Waals surface area contributed by atoms with Crippen LogP contribution in [0.15, 0.2) is 235 Å². The van der Waals surface area contributed by atoms with Crippen LogP contribution in [0.1, 0.15) is 126 Å². The summed E-state index contributed by atoms with van der Waals surface area (Å²) in [7, 11) is 16.7. The first kappa shape index (κ1) is 97.6. The van der Waals surface area contributed by atoms with Gasteiger partial charge in [-0.15, -0.1) is 0 Å². The molecule has 0 spiro atoms. The lowest BCUT2D eigenvalue weighted by atomic mass is 9.98. The lowest BCUT2D eigenvalue weighted by molar-refractivity contribution is 0.310. The molecule has 0 saturated heterocycles. The number of benzene rings is 12. The topological polar surface area (TPSA) is 120 Å². The largest absolute Gasteiger partial charge is 0.497 e. The van der Waals surface area contributed by atoms with Crippen LogP contribution in [0.3, 0.4) is 0 Å². The van der Waals surface area contributed by atoms with Crippen LogP contribution in [0.5, 0.6) is 74.7 Å². The Morgan fingerprint density at radius 1 is 0.230 bits per heavy atom. The first-order valence-corrected chi connectivity index (χ1v) is 42.7. The van der Waals surface area contributed by atoms with E-state index in [9.17, 15) is 4.39 Å². The van der Waals surface area contributed by atoms with Gasteiger partial charge in [-0.2, -0.15) is 0 Å². The van der Waals surface area contributed by atoms with E-state index in [2.05, 4.69) is 191 Å². The van der Waals surface area contributed by atoms with Gasteiger partial charge in [-0.1, -0.05) is 166 Å². The highest BCUT2D eigenvalue weighted by atomic mass is 79.9. The van der Waals surface area contributed by atoms with Gasteiger partial charge in [0.25, 0.3) is 0 Å². The number of halogens is 2. The molecule has 12 aromatic carbocycles. The Morgan fingerprint density at radius 2 is 0.607 bits per heavy atom. The van der Waals surface area contributed by atoms with Crippen LogP contribution in [0.25, 0.3) is 0 Å². The van der Waals surface area contributed by atoms with E-state index in [0.717, 1.165) is 167 Å². The zero-order chi connectivity index (χ0) is 88.3. The third kappa shape index (κ3) is 31.5. The van der Waals surface area contributed by atoms with Crippen LogP contribution < -0.4 is 61.6 Å². The second-order valence-corrected chi connectivity index (χ2v) is 30.5. The summed E-state index contributed by atoms with van der Waals surface area (Å²) >= 11 is 3.50.